The van der Waals surface area contributed by atoms with Crippen LogP contribution in [0.4, 0.5) is 15.8 Å². The van der Waals surface area contributed by atoms with Gasteiger partial charge in [0, 0.05) is 16.7 Å². The lowest BCUT2D eigenvalue weighted by atomic mass is 10.2. The number of anilines is 2. The van der Waals surface area contributed by atoms with Crippen molar-refractivity contribution in [3.05, 3.63) is 58.3 Å². The maximum atomic E-state index is 13.4. The highest BCUT2D eigenvalue weighted by Gasteiger charge is 2.02. The molecule has 2 nitrogen and oxygen atoms in total. The number of nitrogen functional groups attached to an aromatic ring is 1. The zero-order chi connectivity index (χ0) is 12.3. The Morgan fingerprint density at radius 2 is 1.82 bits per heavy atom. The minimum Gasteiger partial charge on any atom is -0.399 e. The van der Waals surface area contributed by atoms with Crippen molar-refractivity contribution in [1.29, 1.82) is 0 Å². The standard InChI is InChI=1S/C13H12BrFN2/c14-10-3-6-12(15)13(7-10)17-8-9-1-4-11(16)5-2-9/h1-7,17H,8,16H2. The van der Waals surface area contributed by atoms with Crippen LogP contribution < -0.4 is 11.1 Å². The first-order valence-corrected chi connectivity index (χ1v) is 5.98. The number of nitrogens with two attached hydrogens (primary N) is 1. The molecule has 2 rings (SSSR count). The van der Waals surface area contributed by atoms with Crippen LogP contribution in [0.5, 0.6) is 0 Å². The van der Waals surface area contributed by atoms with Gasteiger partial charge in [-0.05, 0) is 35.9 Å². The number of benzene rings is 2. The monoisotopic (exact) mass is 294 g/mol. The zero-order valence-electron chi connectivity index (χ0n) is 9.08. The van der Waals surface area contributed by atoms with Crippen LogP contribution in [0.1, 0.15) is 5.56 Å². The smallest absolute Gasteiger partial charge is 0.146 e. The van der Waals surface area contributed by atoms with Crippen LogP contribution >= 0.6 is 15.9 Å². The molecule has 2 aromatic rings. The Hall–Kier alpha value is -1.55. The van der Waals surface area contributed by atoms with Crippen molar-refractivity contribution >= 4 is 27.3 Å². The van der Waals surface area contributed by atoms with Gasteiger partial charge in [-0.15, -0.1) is 0 Å². The molecule has 0 aliphatic rings. The Morgan fingerprint density at radius 3 is 2.53 bits per heavy atom. The molecule has 0 saturated heterocycles. The third-order valence-corrected chi connectivity index (χ3v) is 2.88. The highest BCUT2D eigenvalue weighted by atomic mass is 79.9. The summed E-state index contributed by atoms with van der Waals surface area (Å²) in [7, 11) is 0. The molecule has 0 radical (unpaired) electrons. The van der Waals surface area contributed by atoms with Crippen molar-refractivity contribution in [3.8, 4) is 0 Å². The summed E-state index contributed by atoms with van der Waals surface area (Å²) in [4.78, 5) is 0. The summed E-state index contributed by atoms with van der Waals surface area (Å²) in [6, 6.07) is 12.3. The van der Waals surface area contributed by atoms with Gasteiger partial charge in [-0.25, -0.2) is 4.39 Å². The minimum absolute atomic E-state index is 0.261. The highest BCUT2D eigenvalue weighted by Crippen LogP contribution is 2.20. The van der Waals surface area contributed by atoms with Gasteiger partial charge in [0.2, 0.25) is 0 Å². The summed E-state index contributed by atoms with van der Waals surface area (Å²) in [6.07, 6.45) is 0. The zero-order valence-corrected chi connectivity index (χ0v) is 10.7. The van der Waals surface area contributed by atoms with E-state index in [0.29, 0.717) is 12.2 Å². The summed E-state index contributed by atoms with van der Waals surface area (Å²) >= 11 is 3.31. The van der Waals surface area contributed by atoms with E-state index in [4.69, 9.17) is 5.73 Å². The lowest BCUT2D eigenvalue weighted by molar-refractivity contribution is 0.630. The van der Waals surface area contributed by atoms with Crippen LogP contribution in [-0.2, 0) is 6.54 Å². The number of halogens is 2. The van der Waals surface area contributed by atoms with Gasteiger partial charge in [-0.3, -0.25) is 0 Å². The molecule has 0 aliphatic heterocycles. The molecule has 0 aromatic heterocycles. The molecule has 0 saturated carbocycles. The lowest BCUT2D eigenvalue weighted by Crippen LogP contribution is -2.01. The lowest BCUT2D eigenvalue weighted by Gasteiger charge is -2.08. The predicted molar refractivity (Wildman–Crippen MR) is 72.3 cm³/mol. The van der Waals surface area contributed by atoms with E-state index in [0.717, 1.165) is 15.7 Å². The fourth-order valence-corrected chi connectivity index (χ4v) is 1.83. The van der Waals surface area contributed by atoms with E-state index in [-0.39, 0.29) is 5.82 Å². The Kier molecular flexibility index (Phi) is 3.64. The van der Waals surface area contributed by atoms with Gasteiger partial charge in [0.15, 0.2) is 0 Å². The van der Waals surface area contributed by atoms with E-state index in [2.05, 4.69) is 21.2 Å². The Morgan fingerprint density at radius 1 is 1.12 bits per heavy atom. The largest absolute Gasteiger partial charge is 0.399 e. The summed E-state index contributed by atoms with van der Waals surface area (Å²) in [5.74, 6) is -0.261. The van der Waals surface area contributed by atoms with Crippen LogP contribution in [0.15, 0.2) is 46.9 Å². The minimum atomic E-state index is -0.261. The fourth-order valence-electron chi connectivity index (χ4n) is 1.47. The summed E-state index contributed by atoms with van der Waals surface area (Å²) < 4.78 is 14.3. The molecule has 0 amide bonds. The number of rotatable bonds is 3. The number of hydrogen-bond acceptors (Lipinski definition) is 2. The average Bonchev–Trinajstić information content (AvgIpc) is 2.32. The van der Waals surface area contributed by atoms with E-state index in [1.165, 1.54) is 6.07 Å². The van der Waals surface area contributed by atoms with E-state index < -0.39 is 0 Å². The van der Waals surface area contributed by atoms with Gasteiger partial charge in [0.1, 0.15) is 5.82 Å². The van der Waals surface area contributed by atoms with Gasteiger partial charge < -0.3 is 11.1 Å². The van der Waals surface area contributed by atoms with Crippen LogP contribution in [0.3, 0.4) is 0 Å². The normalized spacial score (nSPS) is 10.2. The van der Waals surface area contributed by atoms with E-state index in [9.17, 15) is 4.39 Å². The SMILES string of the molecule is Nc1ccc(CNc2cc(Br)ccc2F)cc1. The molecule has 17 heavy (non-hydrogen) atoms. The number of nitrogens with one attached hydrogen (secondary N) is 1. The third-order valence-electron chi connectivity index (χ3n) is 2.39. The summed E-state index contributed by atoms with van der Waals surface area (Å²) in [6.45, 7) is 0.563. The molecular formula is C13H12BrFN2. The van der Waals surface area contributed by atoms with E-state index >= 15 is 0 Å². The molecule has 0 fully saturated rings. The molecule has 0 aliphatic carbocycles. The fraction of sp³-hybridized carbons (Fsp3) is 0.0769. The number of hydrogen-bond donors (Lipinski definition) is 2. The van der Waals surface area contributed by atoms with Crippen molar-refractivity contribution < 1.29 is 4.39 Å². The Labute approximate surface area is 108 Å². The van der Waals surface area contributed by atoms with Crippen LogP contribution in [0.25, 0.3) is 0 Å². The topological polar surface area (TPSA) is 38.0 Å². The van der Waals surface area contributed by atoms with Gasteiger partial charge in [0.25, 0.3) is 0 Å². The molecule has 88 valence electrons. The van der Waals surface area contributed by atoms with Crippen LogP contribution in [-0.4, -0.2) is 0 Å². The summed E-state index contributed by atoms with van der Waals surface area (Å²) in [5, 5.41) is 3.04. The van der Waals surface area contributed by atoms with Crippen molar-refractivity contribution in [2.75, 3.05) is 11.1 Å². The maximum Gasteiger partial charge on any atom is 0.146 e. The second-order valence-electron chi connectivity index (χ2n) is 3.72. The first-order valence-electron chi connectivity index (χ1n) is 5.18. The van der Waals surface area contributed by atoms with Gasteiger partial charge >= 0.3 is 0 Å². The first-order chi connectivity index (χ1) is 8.15. The van der Waals surface area contributed by atoms with Gasteiger partial charge in [-0.1, -0.05) is 28.1 Å². The molecule has 0 atom stereocenters. The molecule has 0 spiro atoms. The van der Waals surface area contributed by atoms with Crippen LogP contribution in [0.2, 0.25) is 0 Å². The summed E-state index contributed by atoms with van der Waals surface area (Å²) in [5.41, 5.74) is 7.85. The van der Waals surface area contributed by atoms with Crippen molar-refractivity contribution in [2.45, 2.75) is 6.54 Å². The van der Waals surface area contributed by atoms with Crippen molar-refractivity contribution in [3.63, 3.8) is 0 Å². The Balaban J connectivity index is 2.07. The van der Waals surface area contributed by atoms with Gasteiger partial charge in [-0.2, -0.15) is 0 Å². The molecule has 4 heteroatoms. The van der Waals surface area contributed by atoms with Gasteiger partial charge in [0.05, 0.1) is 5.69 Å². The molecular weight excluding hydrogens is 283 g/mol. The van der Waals surface area contributed by atoms with Crippen molar-refractivity contribution in [2.24, 2.45) is 0 Å². The first kappa shape index (κ1) is 11.9. The maximum absolute atomic E-state index is 13.4. The Bertz CT molecular complexity index is 511. The predicted octanol–water partition coefficient (Wildman–Crippen LogP) is 3.78. The van der Waals surface area contributed by atoms with E-state index in [1.54, 1.807) is 12.1 Å². The average molecular weight is 295 g/mol. The van der Waals surface area contributed by atoms with E-state index in [1.807, 2.05) is 24.3 Å². The quantitative estimate of drug-likeness (QED) is 0.846. The molecule has 0 unspecified atom stereocenters. The van der Waals surface area contributed by atoms with Crippen molar-refractivity contribution in [1.82, 2.24) is 0 Å². The molecule has 0 bridgehead atoms. The molecule has 3 N–H and O–H groups in total. The molecule has 2 aromatic carbocycles. The van der Waals surface area contributed by atoms with Crippen LogP contribution in [0, 0.1) is 5.82 Å². The highest BCUT2D eigenvalue weighted by molar-refractivity contribution is 9.10. The second kappa shape index (κ2) is 5.19. The molecule has 0 heterocycles. The third kappa shape index (κ3) is 3.20. The second-order valence-corrected chi connectivity index (χ2v) is 4.63.